The molecule has 0 radical (unpaired) electrons. The third-order valence-corrected chi connectivity index (χ3v) is 4.66. The fourth-order valence-corrected chi connectivity index (χ4v) is 3.22. The first-order chi connectivity index (χ1) is 10.6. The molecule has 0 N–H and O–H groups in total. The zero-order chi connectivity index (χ0) is 15.5. The van der Waals surface area contributed by atoms with E-state index in [1.54, 1.807) is 6.92 Å². The lowest BCUT2D eigenvalue weighted by molar-refractivity contribution is -0.134. The number of amides is 2. The normalized spacial score (nSPS) is 19.0. The maximum atomic E-state index is 12.5. The van der Waals surface area contributed by atoms with Crippen molar-refractivity contribution < 1.29 is 9.59 Å². The Bertz CT molecular complexity index is 565. The van der Waals surface area contributed by atoms with Crippen LogP contribution >= 0.6 is 0 Å². The number of benzene rings is 1. The number of hydrogen-bond acceptors (Lipinski definition) is 3. The Balaban J connectivity index is 1.52. The van der Waals surface area contributed by atoms with Crippen molar-refractivity contribution in [3.63, 3.8) is 0 Å². The van der Waals surface area contributed by atoms with E-state index in [2.05, 4.69) is 23.1 Å². The van der Waals surface area contributed by atoms with Gasteiger partial charge in [-0.3, -0.25) is 14.5 Å². The Morgan fingerprint density at radius 2 is 1.64 bits per heavy atom. The predicted octanol–water partition coefficient (Wildman–Crippen LogP) is 0.735. The zero-order valence-electron chi connectivity index (χ0n) is 13.1. The van der Waals surface area contributed by atoms with E-state index >= 15 is 0 Å². The lowest BCUT2D eigenvalue weighted by atomic mass is 10.00. The standard InChI is InChI=1S/C17H23N3O2/c1-14(21)19-10-8-18(9-11-19)13-17(22)20-7-6-15-4-2-3-5-16(15)12-20/h2-5H,6-13H2,1H3. The van der Waals surface area contributed by atoms with Crippen LogP contribution in [0.4, 0.5) is 0 Å². The number of carbonyl (C=O) groups excluding carboxylic acids is 2. The van der Waals surface area contributed by atoms with Gasteiger partial charge in [0.05, 0.1) is 6.54 Å². The average Bonchev–Trinajstić information content (AvgIpc) is 2.55. The van der Waals surface area contributed by atoms with Gasteiger partial charge in [0.15, 0.2) is 0 Å². The molecule has 5 heteroatoms. The van der Waals surface area contributed by atoms with Gasteiger partial charge in [0.25, 0.3) is 0 Å². The van der Waals surface area contributed by atoms with Crippen LogP contribution in [-0.4, -0.2) is 65.8 Å². The fraction of sp³-hybridized carbons (Fsp3) is 0.529. The van der Waals surface area contributed by atoms with Gasteiger partial charge in [-0.05, 0) is 17.5 Å². The van der Waals surface area contributed by atoms with Crippen LogP contribution in [-0.2, 0) is 22.6 Å². The lowest BCUT2D eigenvalue weighted by Gasteiger charge is -2.36. The van der Waals surface area contributed by atoms with Crippen LogP contribution in [0.2, 0.25) is 0 Å². The van der Waals surface area contributed by atoms with E-state index in [1.807, 2.05) is 15.9 Å². The summed E-state index contributed by atoms with van der Waals surface area (Å²) >= 11 is 0. The molecule has 2 amide bonds. The maximum Gasteiger partial charge on any atom is 0.237 e. The summed E-state index contributed by atoms with van der Waals surface area (Å²) in [4.78, 5) is 29.8. The van der Waals surface area contributed by atoms with E-state index in [1.165, 1.54) is 11.1 Å². The van der Waals surface area contributed by atoms with Crippen LogP contribution in [0.5, 0.6) is 0 Å². The molecule has 2 aliphatic rings. The van der Waals surface area contributed by atoms with Crippen molar-refractivity contribution in [3.8, 4) is 0 Å². The predicted molar refractivity (Wildman–Crippen MR) is 84.3 cm³/mol. The fourth-order valence-electron chi connectivity index (χ4n) is 3.22. The van der Waals surface area contributed by atoms with E-state index in [-0.39, 0.29) is 11.8 Å². The summed E-state index contributed by atoms with van der Waals surface area (Å²) in [7, 11) is 0. The number of nitrogens with zero attached hydrogens (tertiary/aromatic N) is 3. The summed E-state index contributed by atoms with van der Waals surface area (Å²) in [6, 6.07) is 8.36. The van der Waals surface area contributed by atoms with Crippen LogP contribution in [0.3, 0.4) is 0 Å². The Kier molecular flexibility index (Phi) is 4.43. The Morgan fingerprint density at radius 3 is 2.32 bits per heavy atom. The second-order valence-electron chi connectivity index (χ2n) is 6.12. The molecule has 5 nitrogen and oxygen atoms in total. The quantitative estimate of drug-likeness (QED) is 0.809. The Hall–Kier alpha value is -1.88. The van der Waals surface area contributed by atoms with Crippen molar-refractivity contribution >= 4 is 11.8 Å². The molecule has 0 atom stereocenters. The third-order valence-electron chi connectivity index (χ3n) is 4.66. The highest BCUT2D eigenvalue weighted by Gasteiger charge is 2.24. The van der Waals surface area contributed by atoms with Crippen LogP contribution < -0.4 is 0 Å². The molecular formula is C17H23N3O2. The highest BCUT2D eigenvalue weighted by molar-refractivity contribution is 5.78. The van der Waals surface area contributed by atoms with Gasteiger partial charge in [0, 0.05) is 46.2 Å². The van der Waals surface area contributed by atoms with Gasteiger partial charge in [0.1, 0.15) is 0 Å². The van der Waals surface area contributed by atoms with Gasteiger partial charge in [0.2, 0.25) is 11.8 Å². The minimum atomic E-state index is 0.124. The Morgan fingerprint density at radius 1 is 0.955 bits per heavy atom. The first-order valence-electron chi connectivity index (χ1n) is 7.96. The van der Waals surface area contributed by atoms with Crippen molar-refractivity contribution in [1.82, 2.24) is 14.7 Å². The summed E-state index contributed by atoms with van der Waals surface area (Å²) in [5.41, 5.74) is 2.63. The molecule has 1 aromatic rings. The van der Waals surface area contributed by atoms with Gasteiger partial charge >= 0.3 is 0 Å². The van der Waals surface area contributed by atoms with E-state index in [0.717, 1.165) is 45.7 Å². The van der Waals surface area contributed by atoms with Crippen LogP contribution in [0, 0.1) is 0 Å². The van der Waals surface area contributed by atoms with Gasteiger partial charge in [-0.25, -0.2) is 0 Å². The van der Waals surface area contributed by atoms with Gasteiger partial charge < -0.3 is 9.80 Å². The van der Waals surface area contributed by atoms with E-state index in [4.69, 9.17) is 0 Å². The Labute approximate surface area is 131 Å². The summed E-state index contributed by atoms with van der Waals surface area (Å²) in [5.74, 6) is 0.324. The first kappa shape index (κ1) is 15.0. The summed E-state index contributed by atoms with van der Waals surface area (Å²) < 4.78 is 0. The molecule has 0 unspecified atom stereocenters. The van der Waals surface area contributed by atoms with Crippen LogP contribution in [0.25, 0.3) is 0 Å². The van der Waals surface area contributed by atoms with Crippen molar-refractivity contribution in [3.05, 3.63) is 35.4 Å². The second-order valence-corrected chi connectivity index (χ2v) is 6.12. The molecule has 0 aliphatic carbocycles. The number of carbonyl (C=O) groups is 2. The number of piperazine rings is 1. The second kappa shape index (κ2) is 6.48. The molecular weight excluding hydrogens is 278 g/mol. The smallest absolute Gasteiger partial charge is 0.237 e. The van der Waals surface area contributed by atoms with Gasteiger partial charge in [-0.15, -0.1) is 0 Å². The highest BCUT2D eigenvalue weighted by atomic mass is 16.2. The SMILES string of the molecule is CC(=O)N1CCN(CC(=O)N2CCc3ccccc3C2)CC1. The molecule has 0 saturated carbocycles. The van der Waals surface area contributed by atoms with Crippen molar-refractivity contribution in [2.75, 3.05) is 39.3 Å². The number of rotatable bonds is 2. The molecule has 0 bridgehead atoms. The maximum absolute atomic E-state index is 12.5. The molecule has 22 heavy (non-hydrogen) atoms. The van der Waals surface area contributed by atoms with E-state index < -0.39 is 0 Å². The third kappa shape index (κ3) is 3.30. The highest BCUT2D eigenvalue weighted by Crippen LogP contribution is 2.18. The molecule has 2 heterocycles. The monoisotopic (exact) mass is 301 g/mol. The van der Waals surface area contributed by atoms with Crippen LogP contribution in [0.1, 0.15) is 18.1 Å². The summed E-state index contributed by atoms with van der Waals surface area (Å²) in [5, 5.41) is 0. The minimum Gasteiger partial charge on any atom is -0.340 e. The molecule has 0 spiro atoms. The molecule has 0 aromatic heterocycles. The zero-order valence-corrected chi connectivity index (χ0v) is 13.1. The summed E-state index contributed by atoms with van der Waals surface area (Å²) in [6.45, 7) is 6.63. The first-order valence-corrected chi connectivity index (χ1v) is 7.96. The molecule has 1 saturated heterocycles. The number of fused-ring (bicyclic) bond motifs is 1. The van der Waals surface area contributed by atoms with Crippen molar-refractivity contribution in [2.45, 2.75) is 19.9 Å². The van der Waals surface area contributed by atoms with Gasteiger partial charge in [-0.1, -0.05) is 24.3 Å². The molecule has 1 fully saturated rings. The van der Waals surface area contributed by atoms with Crippen molar-refractivity contribution in [1.29, 1.82) is 0 Å². The molecule has 118 valence electrons. The van der Waals surface area contributed by atoms with E-state index in [9.17, 15) is 9.59 Å². The number of hydrogen-bond donors (Lipinski definition) is 0. The van der Waals surface area contributed by atoms with Gasteiger partial charge in [-0.2, -0.15) is 0 Å². The molecule has 2 aliphatic heterocycles. The summed E-state index contributed by atoms with van der Waals surface area (Å²) in [6.07, 6.45) is 0.944. The topological polar surface area (TPSA) is 43.9 Å². The average molecular weight is 301 g/mol. The van der Waals surface area contributed by atoms with E-state index in [0.29, 0.717) is 6.54 Å². The largest absolute Gasteiger partial charge is 0.340 e. The van der Waals surface area contributed by atoms with Crippen LogP contribution in [0.15, 0.2) is 24.3 Å². The molecule has 1 aromatic carbocycles. The lowest BCUT2D eigenvalue weighted by Crippen LogP contribution is -2.51. The van der Waals surface area contributed by atoms with Crippen molar-refractivity contribution in [2.24, 2.45) is 0 Å². The molecule has 3 rings (SSSR count). The minimum absolute atomic E-state index is 0.124.